The van der Waals surface area contributed by atoms with Crippen molar-refractivity contribution in [2.24, 2.45) is 0 Å². The van der Waals surface area contributed by atoms with Crippen molar-refractivity contribution in [3.05, 3.63) is 34.5 Å². The number of benzene rings is 1. The van der Waals surface area contributed by atoms with Crippen LogP contribution < -0.4 is 0 Å². The van der Waals surface area contributed by atoms with Crippen LogP contribution >= 0.6 is 11.6 Å². The predicted octanol–water partition coefficient (Wildman–Crippen LogP) is 3.04. The maximum Gasteiger partial charge on any atom is 0.143 e. The fraction of sp³-hybridized carbons (Fsp3) is 0.200. The van der Waals surface area contributed by atoms with Crippen molar-refractivity contribution in [1.82, 2.24) is 9.97 Å². The smallest absolute Gasteiger partial charge is 0.143 e. The molecule has 0 spiro atoms. The zero-order valence-corrected chi connectivity index (χ0v) is 8.56. The Morgan fingerprint density at radius 1 is 1.21 bits per heavy atom. The number of aromatic nitrogens is 2. The monoisotopic (exact) mass is 210 g/mol. The summed E-state index contributed by atoms with van der Waals surface area (Å²) in [6.07, 6.45) is 0. The number of rotatable bonds is 0. The van der Waals surface area contributed by atoms with Gasteiger partial charge in [0.15, 0.2) is 0 Å². The Morgan fingerprint density at radius 3 is 2.64 bits per heavy atom. The van der Waals surface area contributed by atoms with Gasteiger partial charge in [0.1, 0.15) is 16.8 Å². The second-order valence-corrected chi connectivity index (χ2v) is 3.51. The van der Waals surface area contributed by atoms with E-state index in [1.807, 2.05) is 6.92 Å². The summed E-state index contributed by atoms with van der Waals surface area (Å²) in [4.78, 5) is 8.08. The molecular weight excluding hydrogens is 203 g/mol. The molecule has 72 valence electrons. The summed E-state index contributed by atoms with van der Waals surface area (Å²) in [6.45, 7) is 3.60. The van der Waals surface area contributed by atoms with Gasteiger partial charge in [-0.3, -0.25) is 0 Å². The third kappa shape index (κ3) is 1.34. The molecule has 0 amide bonds. The number of nitrogens with zero attached hydrogens (tertiary/aromatic N) is 2. The number of fused-ring (bicyclic) bond motifs is 1. The van der Waals surface area contributed by atoms with Gasteiger partial charge in [-0.05, 0) is 25.5 Å². The summed E-state index contributed by atoms with van der Waals surface area (Å²) in [5.41, 5.74) is 1.48. The van der Waals surface area contributed by atoms with Gasteiger partial charge in [-0.1, -0.05) is 17.7 Å². The molecule has 14 heavy (non-hydrogen) atoms. The lowest BCUT2D eigenvalue weighted by atomic mass is 10.1. The van der Waals surface area contributed by atoms with E-state index < -0.39 is 0 Å². The summed E-state index contributed by atoms with van der Waals surface area (Å²) in [5, 5.41) is 0.478. The van der Waals surface area contributed by atoms with Gasteiger partial charge >= 0.3 is 0 Å². The van der Waals surface area contributed by atoms with Crippen molar-refractivity contribution < 1.29 is 4.39 Å². The van der Waals surface area contributed by atoms with Crippen LogP contribution in [0.15, 0.2) is 12.1 Å². The number of hydrogen-bond acceptors (Lipinski definition) is 2. The first kappa shape index (κ1) is 9.34. The first-order valence-corrected chi connectivity index (χ1v) is 4.56. The summed E-state index contributed by atoms with van der Waals surface area (Å²) in [7, 11) is 0. The summed E-state index contributed by atoms with van der Waals surface area (Å²) in [5.74, 6) is 0.173. The Kier molecular flexibility index (Phi) is 2.11. The van der Waals surface area contributed by atoms with Crippen molar-refractivity contribution >= 4 is 22.5 Å². The van der Waals surface area contributed by atoms with Crippen LogP contribution in [0.25, 0.3) is 10.9 Å². The lowest BCUT2D eigenvalue weighted by Gasteiger charge is -2.04. The molecule has 0 unspecified atom stereocenters. The number of hydrogen-bond donors (Lipinski definition) is 0. The molecule has 0 bridgehead atoms. The second kappa shape index (κ2) is 3.17. The molecule has 0 aliphatic heterocycles. The van der Waals surface area contributed by atoms with E-state index in [-0.39, 0.29) is 11.0 Å². The minimum atomic E-state index is -0.379. The van der Waals surface area contributed by atoms with E-state index in [1.54, 1.807) is 13.0 Å². The molecule has 2 nitrogen and oxygen atoms in total. The molecule has 0 saturated heterocycles. The highest BCUT2D eigenvalue weighted by atomic mass is 35.5. The molecule has 0 aliphatic carbocycles. The quantitative estimate of drug-likeness (QED) is 0.625. The highest BCUT2D eigenvalue weighted by Crippen LogP contribution is 2.25. The average Bonchev–Trinajstić information content (AvgIpc) is 2.10. The van der Waals surface area contributed by atoms with E-state index in [4.69, 9.17) is 11.6 Å². The third-order valence-corrected chi connectivity index (χ3v) is 2.34. The molecule has 1 aromatic carbocycles. The molecule has 2 aromatic rings. The van der Waals surface area contributed by atoms with Crippen LogP contribution in [0.3, 0.4) is 0 Å². The Hall–Kier alpha value is -1.22. The molecule has 4 heteroatoms. The zero-order chi connectivity index (χ0) is 10.3. The molecule has 0 saturated carbocycles. The van der Waals surface area contributed by atoms with Gasteiger partial charge < -0.3 is 0 Å². The predicted molar refractivity (Wildman–Crippen MR) is 54.0 cm³/mol. The van der Waals surface area contributed by atoms with Crippen LogP contribution in [0.1, 0.15) is 11.4 Å². The van der Waals surface area contributed by atoms with Gasteiger partial charge in [0.2, 0.25) is 0 Å². The van der Waals surface area contributed by atoms with Gasteiger partial charge in [0.25, 0.3) is 0 Å². The topological polar surface area (TPSA) is 25.8 Å². The highest BCUT2D eigenvalue weighted by Gasteiger charge is 2.10. The van der Waals surface area contributed by atoms with Gasteiger partial charge in [0, 0.05) is 0 Å². The lowest BCUT2D eigenvalue weighted by Crippen LogP contribution is -1.94. The first-order valence-electron chi connectivity index (χ1n) is 4.18. The minimum Gasteiger partial charge on any atom is -0.233 e. The molecule has 0 radical (unpaired) electrons. The SMILES string of the molecule is Cc1nc(Cl)c2c(F)ccc(C)c2n1. The maximum atomic E-state index is 13.4. The number of aryl methyl sites for hydroxylation is 2. The summed E-state index contributed by atoms with van der Waals surface area (Å²) < 4.78 is 13.4. The maximum absolute atomic E-state index is 13.4. The average molecular weight is 211 g/mol. The fourth-order valence-electron chi connectivity index (χ4n) is 1.40. The van der Waals surface area contributed by atoms with Crippen molar-refractivity contribution in [3.8, 4) is 0 Å². The first-order chi connectivity index (χ1) is 6.59. The van der Waals surface area contributed by atoms with Crippen LogP contribution in [0.4, 0.5) is 4.39 Å². The third-order valence-electron chi connectivity index (χ3n) is 2.07. The van der Waals surface area contributed by atoms with Crippen LogP contribution in [-0.4, -0.2) is 9.97 Å². The van der Waals surface area contributed by atoms with Gasteiger partial charge in [0.05, 0.1) is 10.9 Å². The number of halogens is 2. The Bertz CT molecular complexity index is 511. The normalized spacial score (nSPS) is 10.9. The van der Waals surface area contributed by atoms with Crippen LogP contribution in [0, 0.1) is 19.7 Å². The highest BCUT2D eigenvalue weighted by molar-refractivity contribution is 6.34. The molecule has 1 aromatic heterocycles. The van der Waals surface area contributed by atoms with E-state index in [2.05, 4.69) is 9.97 Å². The van der Waals surface area contributed by atoms with Gasteiger partial charge in [-0.15, -0.1) is 0 Å². The summed E-state index contributed by atoms with van der Waals surface area (Å²) in [6, 6.07) is 3.06. The molecule has 0 atom stereocenters. The van der Waals surface area contributed by atoms with Gasteiger partial charge in [-0.2, -0.15) is 0 Å². The largest absolute Gasteiger partial charge is 0.233 e. The Morgan fingerprint density at radius 2 is 1.93 bits per heavy atom. The second-order valence-electron chi connectivity index (χ2n) is 3.15. The van der Waals surface area contributed by atoms with E-state index in [9.17, 15) is 4.39 Å². The molecule has 0 aliphatic rings. The lowest BCUT2D eigenvalue weighted by molar-refractivity contribution is 0.638. The van der Waals surface area contributed by atoms with Gasteiger partial charge in [-0.25, -0.2) is 14.4 Å². The standard InChI is InChI=1S/C10H8ClFN2/c1-5-3-4-7(12)8-9(5)13-6(2)14-10(8)11/h3-4H,1-2H3. The Balaban J connectivity index is 3.00. The van der Waals surface area contributed by atoms with E-state index >= 15 is 0 Å². The molecule has 1 heterocycles. The van der Waals surface area contributed by atoms with E-state index in [0.717, 1.165) is 5.56 Å². The van der Waals surface area contributed by atoms with E-state index in [1.165, 1.54) is 6.07 Å². The summed E-state index contributed by atoms with van der Waals surface area (Å²) >= 11 is 5.85. The van der Waals surface area contributed by atoms with E-state index in [0.29, 0.717) is 16.7 Å². The Labute approximate surface area is 85.8 Å². The van der Waals surface area contributed by atoms with Crippen LogP contribution in [0.2, 0.25) is 5.15 Å². The van der Waals surface area contributed by atoms with Crippen molar-refractivity contribution in [2.75, 3.05) is 0 Å². The fourth-order valence-corrected chi connectivity index (χ4v) is 1.70. The van der Waals surface area contributed by atoms with Crippen molar-refractivity contribution in [1.29, 1.82) is 0 Å². The molecular formula is C10H8ClFN2. The van der Waals surface area contributed by atoms with Crippen molar-refractivity contribution in [2.45, 2.75) is 13.8 Å². The minimum absolute atomic E-state index is 0.175. The van der Waals surface area contributed by atoms with Crippen LogP contribution in [-0.2, 0) is 0 Å². The molecule has 0 N–H and O–H groups in total. The molecule has 0 fully saturated rings. The van der Waals surface area contributed by atoms with Crippen molar-refractivity contribution in [3.63, 3.8) is 0 Å². The van der Waals surface area contributed by atoms with Crippen LogP contribution in [0.5, 0.6) is 0 Å². The zero-order valence-electron chi connectivity index (χ0n) is 7.81. The molecule has 2 rings (SSSR count).